The second-order valence-corrected chi connectivity index (χ2v) is 9.21. The molecule has 0 aliphatic carbocycles. The number of halogens is 2. The fourth-order valence-corrected chi connectivity index (χ4v) is 4.74. The molecular weight excluding hydrogens is 436 g/mol. The zero-order chi connectivity index (χ0) is 23.7. The van der Waals surface area contributed by atoms with Crippen LogP contribution >= 0.6 is 0 Å². The molecule has 1 N–H and O–H groups in total. The van der Waals surface area contributed by atoms with Gasteiger partial charge in [-0.15, -0.1) is 0 Å². The molecule has 4 heterocycles. The minimum Gasteiger partial charge on any atom is -0.486 e. The smallest absolute Gasteiger partial charge is 0.178 e. The first kappa shape index (κ1) is 22.7. The number of aromatic nitrogens is 3. The van der Waals surface area contributed by atoms with Crippen LogP contribution in [-0.2, 0) is 6.42 Å². The van der Waals surface area contributed by atoms with Crippen molar-refractivity contribution >= 4 is 5.69 Å². The van der Waals surface area contributed by atoms with Gasteiger partial charge >= 0.3 is 0 Å². The lowest BCUT2D eigenvalue weighted by Gasteiger charge is -2.34. The van der Waals surface area contributed by atoms with E-state index in [9.17, 15) is 8.78 Å². The van der Waals surface area contributed by atoms with Crippen LogP contribution < -0.4 is 15.0 Å². The lowest BCUT2D eigenvalue weighted by molar-refractivity contribution is 0.287. The molecule has 8 heteroatoms. The Bertz CT molecular complexity index is 1160. The van der Waals surface area contributed by atoms with Crippen LogP contribution in [0.25, 0.3) is 11.3 Å². The second kappa shape index (κ2) is 9.62. The molecule has 2 aromatic heterocycles. The SMILES string of the molecule is CC(C)N1CCOc2c(F)cc(-c3nc(Cc4ncc(C5CCNCC5)cn4)ccc3F)cc21. The van der Waals surface area contributed by atoms with Gasteiger partial charge in [0.15, 0.2) is 11.6 Å². The number of nitrogens with zero attached hydrogens (tertiary/aromatic N) is 4. The maximum absolute atomic E-state index is 14.9. The monoisotopic (exact) mass is 465 g/mol. The van der Waals surface area contributed by atoms with Crippen molar-refractivity contribution in [1.82, 2.24) is 20.3 Å². The molecule has 0 unspecified atom stereocenters. The van der Waals surface area contributed by atoms with Gasteiger partial charge in [0.2, 0.25) is 0 Å². The van der Waals surface area contributed by atoms with Crippen LogP contribution in [0.1, 0.15) is 49.7 Å². The van der Waals surface area contributed by atoms with Gasteiger partial charge in [0, 0.05) is 29.7 Å². The number of pyridine rings is 1. The van der Waals surface area contributed by atoms with Crippen molar-refractivity contribution in [3.8, 4) is 17.0 Å². The van der Waals surface area contributed by atoms with E-state index in [1.165, 1.54) is 12.1 Å². The molecule has 0 amide bonds. The molecule has 2 aliphatic heterocycles. The minimum absolute atomic E-state index is 0.111. The number of hydrogen-bond donors (Lipinski definition) is 1. The van der Waals surface area contributed by atoms with Crippen molar-refractivity contribution in [2.24, 2.45) is 0 Å². The Morgan fingerprint density at radius 3 is 2.59 bits per heavy atom. The number of fused-ring (bicyclic) bond motifs is 1. The summed E-state index contributed by atoms with van der Waals surface area (Å²) in [6, 6.07) is 6.21. The number of rotatable bonds is 5. The second-order valence-electron chi connectivity index (χ2n) is 9.21. The van der Waals surface area contributed by atoms with E-state index >= 15 is 0 Å². The molecule has 6 nitrogen and oxygen atoms in total. The molecule has 2 aliphatic rings. The number of piperidine rings is 1. The van der Waals surface area contributed by atoms with Crippen molar-refractivity contribution in [3.63, 3.8) is 0 Å². The highest BCUT2D eigenvalue weighted by atomic mass is 19.1. The van der Waals surface area contributed by atoms with Gasteiger partial charge in [-0.2, -0.15) is 0 Å². The molecule has 1 fully saturated rings. The summed E-state index contributed by atoms with van der Waals surface area (Å²) >= 11 is 0. The third-order valence-corrected chi connectivity index (χ3v) is 6.59. The van der Waals surface area contributed by atoms with E-state index in [0.29, 0.717) is 48.3 Å². The first-order valence-electron chi connectivity index (χ1n) is 11.9. The molecule has 3 aromatic rings. The standard InChI is InChI=1S/C26H29F2N5O/c1-16(2)33-9-10-34-26-22(28)11-18(12-23(26)33)25-21(27)4-3-20(32-25)13-24-30-14-19(15-31-24)17-5-7-29-8-6-17/h3-4,11-12,14-17,29H,5-10,13H2,1-2H3. The Balaban J connectivity index is 1.41. The summed E-state index contributed by atoms with van der Waals surface area (Å²) in [5, 5.41) is 3.37. The molecule has 0 bridgehead atoms. The van der Waals surface area contributed by atoms with Crippen LogP contribution in [0.4, 0.5) is 14.5 Å². The molecule has 5 rings (SSSR count). The highest BCUT2D eigenvalue weighted by Gasteiger charge is 2.25. The number of nitrogens with one attached hydrogen (secondary N) is 1. The molecule has 34 heavy (non-hydrogen) atoms. The van der Waals surface area contributed by atoms with E-state index in [1.54, 1.807) is 12.1 Å². The van der Waals surface area contributed by atoms with E-state index in [1.807, 2.05) is 26.2 Å². The summed E-state index contributed by atoms with van der Waals surface area (Å²) in [4.78, 5) is 15.6. The summed E-state index contributed by atoms with van der Waals surface area (Å²) in [6.45, 7) is 7.16. The number of anilines is 1. The molecule has 1 aromatic carbocycles. The first-order chi connectivity index (χ1) is 16.5. The Kier molecular flexibility index (Phi) is 6.41. The fraction of sp³-hybridized carbons (Fsp3) is 0.423. The van der Waals surface area contributed by atoms with E-state index < -0.39 is 11.6 Å². The van der Waals surface area contributed by atoms with Crippen LogP contribution in [0.15, 0.2) is 36.7 Å². The Morgan fingerprint density at radius 2 is 1.85 bits per heavy atom. The molecular formula is C26H29F2N5O. The zero-order valence-electron chi connectivity index (χ0n) is 19.5. The van der Waals surface area contributed by atoms with Gasteiger partial charge in [0.25, 0.3) is 0 Å². The average Bonchev–Trinajstić information content (AvgIpc) is 2.86. The highest BCUT2D eigenvalue weighted by Crippen LogP contribution is 2.39. The van der Waals surface area contributed by atoms with Gasteiger partial charge in [-0.05, 0) is 75.5 Å². The van der Waals surface area contributed by atoms with E-state index in [2.05, 4.69) is 25.2 Å². The third-order valence-electron chi connectivity index (χ3n) is 6.59. The van der Waals surface area contributed by atoms with E-state index in [-0.39, 0.29) is 17.5 Å². The lowest BCUT2D eigenvalue weighted by atomic mass is 9.92. The Hall–Kier alpha value is -3.13. The van der Waals surface area contributed by atoms with E-state index in [0.717, 1.165) is 31.5 Å². The highest BCUT2D eigenvalue weighted by molar-refractivity contribution is 5.72. The van der Waals surface area contributed by atoms with Crippen LogP contribution in [0.3, 0.4) is 0 Å². The summed E-state index contributed by atoms with van der Waals surface area (Å²) in [7, 11) is 0. The van der Waals surface area contributed by atoms with Crippen molar-refractivity contribution in [2.45, 2.75) is 45.1 Å². The third kappa shape index (κ3) is 4.59. The molecule has 1 saturated heterocycles. The largest absolute Gasteiger partial charge is 0.486 e. The fourth-order valence-electron chi connectivity index (χ4n) is 4.74. The zero-order valence-corrected chi connectivity index (χ0v) is 19.5. The molecule has 0 saturated carbocycles. The average molecular weight is 466 g/mol. The maximum Gasteiger partial charge on any atom is 0.178 e. The van der Waals surface area contributed by atoms with Crippen molar-refractivity contribution in [1.29, 1.82) is 0 Å². The van der Waals surface area contributed by atoms with Gasteiger partial charge in [0.1, 0.15) is 23.9 Å². The van der Waals surface area contributed by atoms with Gasteiger partial charge in [0.05, 0.1) is 18.7 Å². The quantitative estimate of drug-likeness (QED) is 0.600. The summed E-state index contributed by atoms with van der Waals surface area (Å²) in [5.74, 6) is 0.305. The number of benzene rings is 1. The van der Waals surface area contributed by atoms with Crippen LogP contribution in [0, 0.1) is 11.6 Å². The predicted molar refractivity (Wildman–Crippen MR) is 127 cm³/mol. The minimum atomic E-state index is -0.513. The van der Waals surface area contributed by atoms with Crippen molar-refractivity contribution in [2.75, 3.05) is 31.1 Å². The van der Waals surface area contributed by atoms with Crippen molar-refractivity contribution < 1.29 is 13.5 Å². The van der Waals surface area contributed by atoms with Gasteiger partial charge < -0.3 is 15.0 Å². The van der Waals surface area contributed by atoms with Crippen LogP contribution in [0.5, 0.6) is 5.75 Å². The first-order valence-corrected chi connectivity index (χ1v) is 11.9. The maximum atomic E-state index is 14.9. The van der Waals surface area contributed by atoms with Gasteiger partial charge in [-0.25, -0.2) is 23.7 Å². The Labute approximate surface area is 198 Å². The van der Waals surface area contributed by atoms with Gasteiger partial charge in [-0.1, -0.05) is 0 Å². The topological polar surface area (TPSA) is 63.2 Å². The summed E-state index contributed by atoms with van der Waals surface area (Å²) < 4.78 is 35.3. The number of ether oxygens (including phenoxy) is 1. The summed E-state index contributed by atoms with van der Waals surface area (Å²) in [5.41, 5.74) is 2.90. The van der Waals surface area contributed by atoms with Gasteiger partial charge in [-0.3, -0.25) is 0 Å². The molecule has 178 valence electrons. The molecule has 0 atom stereocenters. The predicted octanol–water partition coefficient (Wildman–Crippen LogP) is 4.48. The van der Waals surface area contributed by atoms with Crippen molar-refractivity contribution in [3.05, 3.63) is 65.4 Å². The van der Waals surface area contributed by atoms with Crippen LogP contribution in [-0.4, -0.2) is 47.2 Å². The summed E-state index contributed by atoms with van der Waals surface area (Å²) in [6.07, 6.45) is 6.32. The normalized spacial score (nSPS) is 16.4. The van der Waals surface area contributed by atoms with E-state index in [4.69, 9.17) is 4.74 Å². The number of hydrogen-bond acceptors (Lipinski definition) is 6. The molecule has 0 spiro atoms. The molecule has 0 radical (unpaired) electrons. The van der Waals surface area contributed by atoms with Crippen LogP contribution in [0.2, 0.25) is 0 Å². The Morgan fingerprint density at radius 1 is 1.09 bits per heavy atom. The lowest BCUT2D eigenvalue weighted by Crippen LogP contribution is -2.38.